The molecule has 6 heteroatoms. The highest BCUT2D eigenvalue weighted by Crippen LogP contribution is 2.13. The van der Waals surface area contributed by atoms with Crippen LogP contribution in [-0.2, 0) is 14.4 Å². The molecule has 0 aliphatic heterocycles. The summed E-state index contributed by atoms with van der Waals surface area (Å²) >= 11 is 6.89. The van der Waals surface area contributed by atoms with Crippen molar-refractivity contribution in [1.29, 1.82) is 0 Å². The third-order valence-corrected chi connectivity index (χ3v) is 1.74. The normalized spacial score (nSPS) is 12.2. The van der Waals surface area contributed by atoms with Gasteiger partial charge in [-0.2, -0.15) is 0 Å². The van der Waals surface area contributed by atoms with Crippen molar-refractivity contribution in [2.45, 2.75) is 12.8 Å². The van der Waals surface area contributed by atoms with Gasteiger partial charge < -0.3 is 5.11 Å². The maximum absolute atomic E-state index is 10.6. The first-order chi connectivity index (χ1) is 5.43. The van der Waals surface area contributed by atoms with Crippen LogP contribution in [0.15, 0.2) is 0 Å². The summed E-state index contributed by atoms with van der Waals surface area (Å²) < 4.78 is 0. The van der Waals surface area contributed by atoms with Gasteiger partial charge in [0.25, 0.3) is 0 Å². The zero-order valence-electron chi connectivity index (χ0n) is 6.06. The Morgan fingerprint density at radius 3 is 1.92 bits per heavy atom. The molecule has 0 saturated carbocycles. The first-order valence-electron chi connectivity index (χ1n) is 3.10. The van der Waals surface area contributed by atoms with Gasteiger partial charge in [-0.05, 0) is 0 Å². The highest BCUT2D eigenvalue weighted by Gasteiger charge is 2.20. The molecule has 0 bridgehead atoms. The molecule has 0 aliphatic carbocycles. The zero-order valence-corrected chi connectivity index (χ0v) is 7.85. The van der Waals surface area contributed by atoms with Crippen LogP contribution in [-0.4, -0.2) is 21.3 Å². The molecule has 68 valence electrons. The zero-order chi connectivity index (χ0) is 9.72. The van der Waals surface area contributed by atoms with E-state index < -0.39 is 22.1 Å². The van der Waals surface area contributed by atoms with Crippen LogP contribution in [0, 0.1) is 5.92 Å². The lowest BCUT2D eigenvalue weighted by atomic mass is 10.0. The van der Waals surface area contributed by atoms with Crippen LogP contribution >= 0.6 is 25.3 Å². The monoisotopic (exact) mass is 208 g/mol. The molecule has 0 aromatic heterocycles. The summed E-state index contributed by atoms with van der Waals surface area (Å²) in [6, 6.07) is 0. The second kappa shape index (κ2) is 5.21. The summed E-state index contributed by atoms with van der Waals surface area (Å²) in [5, 5.41) is 7.22. The molecule has 1 unspecified atom stereocenters. The Kier molecular flexibility index (Phi) is 5.00. The van der Waals surface area contributed by atoms with Gasteiger partial charge in [-0.25, -0.2) is 0 Å². The Morgan fingerprint density at radius 1 is 1.17 bits per heavy atom. The average Bonchev–Trinajstić information content (AvgIpc) is 1.83. The minimum absolute atomic E-state index is 0.183. The fourth-order valence-corrected chi connectivity index (χ4v) is 1.07. The fraction of sp³-hybridized carbons (Fsp3) is 0.500. The number of carboxylic acids is 1. The Labute approximate surface area is 80.2 Å². The molecular weight excluding hydrogens is 200 g/mol. The molecule has 1 atom stereocenters. The van der Waals surface area contributed by atoms with Crippen LogP contribution in [0.3, 0.4) is 0 Å². The van der Waals surface area contributed by atoms with Crippen LogP contribution in [0.5, 0.6) is 0 Å². The van der Waals surface area contributed by atoms with Crippen molar-refractivity contribution in [2.24, 2.45) is 5.92 Å². The SMILES string of the molecule is O=C(O)CC(CC(=O)S)C(=O)S. The molecular formula is C6H8O4S2. The van der Waals surface area contributed by atoms with E-state index >= 15 is 0 Å². The number of carbonyl (C=O) groups excluding carboxylic acids is 2. The van der Waals surface area contributed by atoms with Crippen LogP contribution in [0.2, 0.25) is 0 Å². The van der Waals surface area contributed by atoms with E-state index in [1.165, 1.54) is 0 Å². The smallest absolute Gasteiger partial charge is 0.304 e. The number of carbonyl (C=O) groups is 3. The van der Waals surface area contributed by atoms with Crippen LogP contribution in [0.25, 0.3) is 0 Å². The summed E-state index contributed by atoms with van der Waals surface area (Å²) in [5.41, 5.74) is 0. The largest absolute Gasteiger partial charge is 0.481 e. The summed E-state index contributed by atoms with van der Waals surface area (Å²) in [4.78, 5) is 31.2. The van der Waals surface area contributed by atoms with Crippen molar-refractivity contribution in [3.63, 3.8) is 0 Å². The minimum Gasteiger partial charge on any atom is -0.481 e. The van der Waals surface area contributed by atoms with E-state index in [0.29, 0.717) is 0 Å². The maximum Gasteiger partial charge on any atom is 0.304 e. The molecule has 0 saturated heterocycles. The molecule has 0 aromatic rings. The molecule has 0 aromatic carbocycles. The van der Waals surface area contributed by atoms with Gasteiger partial charge in [0, 0.05) is 12.3 Å². The number of carboxylic acid groups (broad SMARTS) is 1. The van der Waals surface area contributed by atoms with Crippen molar-refractivity contribution < 1.29 is 19.5 Å². The number of hydrogen-bond acceptors (Lipinski definition) is 3. The standard InChI is InChI=1S/C6H8O4S2/c7-4(8)1-3(6(10)12)2-5(9)11/h3H,1-2H2,(H,7,8)(H,9,11)(H,10,12). The first-order valence-corrected chi connectivity index (χ1v) is 3.99. The van der Waals surface area contributed by atoms with Gasteiger partial charge in [0.15, 0.2) is 10.2 Å². The van der Waals surface area contributed by atoms with Gasteiger partial charge in [-0.3, -0.25) is 14.4 Å². The Bertz CT molecular complexity index is 198. The van der Waals surface area contributed by atoms with E-state index in [1.807, 2.05) is 0 Å². The third kappa shape index (κ3) is 5.20. The van der Waals surface area contributed by atoms with Crippen LogP contribution < -0.4 is 0 Å². The lowest BCUT2D eigenvalue weighted by molar-refractivity contribution is -0.139. The number of thiol groups is 2. The average molecular weight is 208 g/mol. The lowest BCUT2D eigenvalue weighted by Gasteiger charge is -2.06. The predicted octanol–water partition coefficient (Wildman–Crippen LogP) is 0.380. The quantitative estimate of drug-likeness (QED) is 0.571. The van der Waals surface area contributed by atoms with E-state index in [9.17, 15) is 14.4 Å². The number of aliphatic carboxylic acids is 1. The van der Waals surface area contributed by atoms with Gasteiger partial charge in [0.2, 0.25) is 0 Å². The Balaban J connectivity index is 4.14. The van der Waals surface area contributed by atoms with Gasteiger partial charge >= 0.3 is 5.97 Å². The molecule has 0 spiro atoms. The maximum atomic E-state index is 10.6. The second-order valence-corrected chi connectivity index (χ2v) is 3.17. The van der Waals surface area contributed by atoms with Gasteiger partial charge in [-0.1, -0.05) is 0 Å². The van der Waals surface area contributed by atoms with Crippen molar-refractivity contribution in [1.82, 2.24) is 0 Å². The third-order valence-electron chi connectivity index (χ3n) is 1.19. The second-order valence-electron chi connectivity index (χ2n) is 2.23. The van der Waals surface area contributed by atoms with Crippen molar-refractivity contribution in [3.05, 3.63) is 0 Å². The van der Waals surface area contributed by atoms with Crippen LogP contribution in [0.4, 0.5) is 0 Å². The van der Waals surface area contributed by atoms with Crippen molar-refractivity contribution in [2.75, 3.05) is 0 Å². The summed E-state index contributed by atoms with van der Waals surface area (Å²) in [6.45, 7) is 0. The fourth-order valence-electron chi connectivity index (χ4n) is 0.668. The predicted molar refractivity (Wildman–Crippen MR) is 48.3 cm³/mol. The van der Waals surface area contributed by atoms with E-state index in [1.54, 1.807) is 0 Å². The van der Waals surface area contributed by atoms with Gasteiger partial charge in [0.05, 0.1) is 6.42 Å². The summed E-state index contributed by atoms with van der Waals surface area (Å²) in [6.07, 6.45) is -0.563. The molecule has 0 aliphatic rings. The Morgan fingerprint density at radius 2 is 1.67 bits per heavy atom. The van der Waals surface area contributed by atoms with E-state index in [-0.39, 0.29) is 12.8 Å². The van der Waals surface area contributed by atoms with Crippen LogP contribution in [0.1, 0.15) is 12.8 Å². The number of hydrogen-bond donors (Lipinski definition) is 3. The lowest BCUT2D eigenvalue weighted by Crippen LogP contribution is -2.16. The molecule has 0 radical (unpaired) electrons. The summed E-state index contributed by atoms with van der Waals surface area (Å²) in [7, 11) is 0. The molecule has 1 N–H and O–H groups in total. The van der Waals surface area contributed by atoms with E-state index in [4.69, 9.17) is 5.11 Å². The minimum atomic E-state index is -1.13. The van der Waals surface area contributed by atoms with Gasteiger partial charge in [-0.15, -0.1) is 25.3 Å². The topological polar surface area (TPSA) is 71.4 Å². The van der Waals surface area contributed by atoms with E-state index in [0.717, 1.165) is 0 Å². The highest BCUT2D eigenvalue weighted by molar-refractivity contribution is 7.97. The van der Waals surface area contributed by atoms with E-state index in [2.05, 4.69) is 25.3 Å². The number of rotatable bonds is 5. The van der Waals surface area contributed by atoms with Gasteiger partial charge in [0.1, 0.15) is 0 Å². The molecule has 0 fully saturated rings. The first kappa shape index (κ1) is 11.5. The molecule has 4 nitrogen and oxygen atoms in total. The molecule has 0 rings (SSSR count). The van der Waals surface area contributed by atoms with Crippen molar-refractivity contribution >= 4 is 41.5 Å². The highest BCUT2D eigenvalue weighted by atomic mass is 32.1. The van der Waals surface area contributed by atoms with Crippen molar-refractivity contribution in [3.8, 4) is 0 Å². The molecule has 0 amide bonds. The Hall–Kier alpha value is -0.490. The summed E-state index contributed by atoms with van der Waals surface area (Å²) in [5.74, 6) is -1.99. The molecule has 0 heterocycles. The molecule has 12 heavy (non-hydrogen) atoms.